The smallest absolute Gasteiger partial charge is 0.332 e. The third kappa shape index (κ3) is 2.66. The molecule has 0 unspecified atom stereocenters. The highest BCUT2D eigenvalue weighted by atomic mass is 16.2. The second kappa shape index (κ2) is 6.31. The van der Waals surface area contributed by atoms with Crippen LogP contribution in [0.5, 0.6) is 0 Å². The number of nitrogens with zero attached hydrogens (tertiary/aromatic N) is 5. The van der Waals surface area contributed by atoms with Crippen LogP contribution < -0.4 is 16.1 Å². The molecule has 1 fully saturated rings. The molecule has 1 aromatic heterocycles. The van der Waals surface area contributed by atoms with Crippen molar-refractivity contribution in [2.45, 2.75) is 19.3 Å². The van der Waals surface area contributed by atoms with Gasteiger partial charge < -0.3 is 4.90 Å². The van der Waals surface area contributed by atoms with E-state index >= 15 is 0 Å². The topological polar surface area (TPSA) is 94.8 Å². The second-order valence-corrected chi connectivity index (χ2v) is 5.27. The number of nitriles is 2. The van der Waals surface area contributed by atoms with Gasteiger partial charge in [-0.3, -0.25) is 13.9 Å². The van der Waals surface area contributed by atoms with Crippen molar-refractivity contribution in [1.29, 1.82) is 10.5 Å². The Morgan fingerprint density at radius 1 is 1.05 bits per heavy atom. The summed E-state index contributed by atoms with van der Waals surface area (Å²) < 4.78 is 2.40. The predicted molar refractivity (Wildman–Crippen MR) is 82.2 cm³/mol. The summed E-state index contributed by atoms with van der Waals surface area (Å²) in [4.78, 5) is 26.6. The van der Waals surface area contributed by atoms with Gasteiger partial charge in [-0.2, -0.15) is 10.5 Å². The van der Waals surface area contributed by atoms with E-state index in [-0.39, 0.29) is 11.1 Å². The fraction of sp³-hybridized carbons (Fsp3) is 0.467. The summed E-state index contributed by atoms with van der Waals surface area (Å²) in [6, 6.07) is 3.51. The average molecular weight is 299 g/mol. The molecular weight excluding hydrogens is 282 g/mol. The van der Waals surface area contributed by atoms with Gasteiger partial charge in [0.25, 0.3) is 5.56 Å². The largest absolute Gasteiger partial charge is 0.357 e. The lowest BCUT2D eigenvalue weighted by molar-refractivity contribution is 0.555. The molecule has 22 heavy (non-hydrogen) atoms. The van der Waals surface area contributed by atoms with Gasteiger partial charge in [0.2, 0.25) is 0 Å². The highest BCUT2D eigenvalue weighted by Gasteiger charge is 2.21. The number of rotatable bonds is 2. The van der Waals surface area contributed by atoms with Crippen LogP contribution in [-0.2, 0) is 14.1 Å². The summed E-state index contributed by atoms with van der Waals surface area (Å²) in [5, 5.41) is 17.9. The summed E-state index contributed by atoms with van der Waals surface area (Å²) in [7, 11) is 2.99. The molecule has 1 aromatic rings. The van der Waals surface area contributed by atoms with E-state index < -0.39 is 11.2 Å². The van der Waals surface area contributed by atoms with Crippen LogP contribution in [0.1, 0.15) is 24.8 Å². The Kier molecular flexibility index (Phi) is 4.47. The lowest BCUT2D eigenvalue weighted by atomic mass is 10.1. The fourth-order valence-electron chi connectivity index (χ4n) is 2.71. The van der Waals surface area contributed by atoms with Crippen LogP contribution in [0.2, 0.25) is 0 Å². The molecule has 0 aliphatic carbocycles. The Labute approximate surface area is 127 Å². The van der Waals surface area contributed by atoms with Gasteiger partial charge in [0, 0.05) is 27.2 Å². The molecular formula is C15H17N5O2. The summed E-state index contributed by atoms with van der Waals surface area (Å²) in [6.07, 6.45) is 4.35. The first-order valence-electron chi connectivity index (χ1n) is 7.08. The molecule has 7 heteroatoms. The minimum absolute atomic E-state index is 0.158. The lowest BCUT2D eigenvalue weighted by Gasteiger charge is -2.31. The highest BCUT2D eigenvalue weighted by Crippen LogP contribution is 2.22. The summed E-state index contributed by atoms with van der Waals surface area (Å²) in [5.74, 6) is 0.482. The maximum absolute atomic E-state index is 12.4. The van der Waals surface area contributed by atoms with Gasteiger partial charge in [-0.15, -0.1) is 0 Å². The van der Waals surface area contributed by atoms with Gasteiger partial charge >= 0.3 is 5.69 Å². The first-order chi connectivity index (χ1) is 10.5. The van der Waals surface area contributed by atoms with Gasteiger partial charge in [0.1, 0.15) is 23.5 Å². The molecule has 2 heterocycles. The Balaban J connectivity index is 2.78. The van der Waals surface area contributed by atoms with Gasteiger partial charge in [0.15, 0.2) is 0 Å². The number of piperidine rings is 1. The Hall–Kier alpha value is -2.80. The standard InChI is InChI=1S/C15H17N5O2/c1-18-13(20-6-4-3-5-7-20)12(8-11(9-16)10-17)14(21)19(2)15(18)22/h8H,3-7H2,1-2H3. The number of hydrogen-bond donors (Lipinski definition) is 0. The van der Waals surface area contributed by atoms with Gasteiger partial charge in [-0.1, -0.05) is 0 Å². The van der Waals surface area contributed by atoms with Crippen molar-refractivity contribution < 1.29 is 0 Å². The molecule has 0 spiro atoms. The number of anilines is 1. The quantitative estimate of drug-likeness (QED) is 0.741. The molecule has 7 nitrogen and oxygen atoms in total. The zero-order chi connectivity index (χ0) is 16.3. The van der Waals surface area contributed by atoms with Crippen molar-refractivity contribution in [2.24, 2.45) is 14.1 Å². The lowest BCUT2D eigenvalue weighted by Crippen LogP contribution is -2.43. The number of allylic oxidation sites excluding steroid dienone is 1. The van der Waals surface area contributed by atoms with Crippen molar-refractivity contribution in [3.63, 3.8) is 0 Å². The van der Waals surface area contributed by atoms with Gasteiger partial charge in [-0.05, 0) is 25.3 Å². The molecule has 0 atom stereocenters. The zero-order valence-corrected chi connectivity index (χ0v) is 12.7. The maximum atomic E-state index is 12.4. The van der Waals surface area contributed by atoms with Crippen molar-refractivity contribution in [3.8, 4) is 12.1 Å². The van der Waals surface area contributed by atoms with E-state index in [1.807, 2.05) is 4.90 Å². The van der Waals surface area contributed by atoms with Crippen LogP contribution in [0, 0.1) is 22.7 Å². The average Bonchev–Trinajstić information content (AvgIpc) is 2.55. The molecule has 0 aromatic carbocycles. The number of aromatic nitrogens is 2. The van der Waals surface area contributed by atoms with E-state index in [2.05, 4.69) is 0 Å². The van der Waals surface area contributed by atoms with E-state index in [4.69, 9.17) is 10.5 Å². The van der Waals surface area contributed by atoms with Crippen molar-refractivity contribution in [1.82, 2.24) is 9.13 Å². The maximum Gasteiger partial charge on any atom is 0.332 e. The molecule has 1 aliphatic rings. The van der Waals surface area contributed by atoms with Crippen LogP contribution in [0.4, 0.5) is 5.82 Å². The van der Waals surface area contributed by atoms with E-state index in [1.165, 1.54) is 17.7 Å². The molecule has 2 rings (SSSR count). The first kappa shape index (κ1) is 15.6. The van der Waals surface area contributed by atoms with Gasteiger partial charge in [0.05, 0.1) is 5.56 Å². The minimum atomic E-state index is -0.494. The van der Waals surface area contributed by atoms with Crippen molar-refractivity contribution in [2.75, 3.05) is 18.0 Å². The summed E-state index contributed by atoms with van der Waals surface area (Å²) in [6.45, 7) is 1.49. The van der Waals surface area contributed by atoms with Gasteiger partial charge in [-0.25, -0.2) is 4.79 Å². The third-order valence-electron chi connectivity index (χ3n) is 3.85. The van der Waals surface area contributed by atoms with Crippen LogP contribution in [0.25, 0.3) is 6.08 Å². The van der Waals surface area contributed by atoms with Crippen LogP contribution in [0.15, 0.2) is 15.2 Å². The Morgan fingerprint density at radius 3 is 2.18 bits per heavy atom. The molecule has 0 saturated carbocycles. The first-order valence-corrected chi connectivity index (χ1v) is 7.08. The fourth-order valence-corrected chi connectivity index (χ4v) is 2.71. The monoisotopic (exact) mass is 299 g/mol. The third-order valence-corrected chi connectivity index (χ3v) is 3.85. The highest BCUT2D eigenvalue weighted by molar-refractivity contribution is 5.70. The molecule has 1 saturated heterocycles. The normalized spacial score (nSPS) is 14.1. The molecule has 114 valence electrons. The van der Waals surface area contributed by atoms with E-state index in [0.717, 1.165) is 36.9 Å². The van der Waals surface area contributed by atoms with Crippen LogP contribution >= 0.6 is 0 Å². The van der Waals surface area contributed by atoms with Crippen LogP contribution in [0.3, 0.4) is 0 Å². The molecule has 0 radical (unpaired) electrons. The van der Waals surface area contributed by atoms with Crippen molar-refractivity contribution in [3.05, 3.63) is 32.0 Å². The van der Waals surface area contributed by atoms with E-state index in [0.29, 0.717) is 5.82 Å². The molecule has 0 N–H and O–H groups in total. The van der Waals surface area contributed by atoms with Crippen molar-refractivity contribution >= 4 is 11.9 Å². The second-order valence-electron chi connectivity index (χ2n) is 5.27. The predicted octanol–water partition coefficient (Wildman–Crippen LogP) is 0.505. The number of hydrogen-bond acceptors (Lipinski definition) is 5. The van der Waals surface area contributed by atoms with E-state index in [1.54, 1.807) is 19.2 Å². The summed E-state index contributed by atoms with van der Waals surface area (Å²) >= 11 is 0. The zero-order valence-electron chi connectivity index (χ0n) is 12.7. The Morgan fingerprint density at radius 2 is 1.64 bits per heavy atom. The SMILES string of the molecule is Cn1c(N2CCCCC2)c(C=C(C#N)C#N)c(=O)n(C)c1=O. The minimum Gasteiger partial charge on any atom is -0.357 e. The Bertz CT molecular complexity index is 795. The molecule has 1 aliphatic heterocycles. The summed E-state index contributed by atoms with van der Waals surface area (Å²) in [5.41, 5.74) is -0.858. The molecule has 0 amide bonds. The molecule has 0 bridgehead atoms. The van der Waals surface area contributed by atoms with E-state index in [9.17, 15) is 9.59 Å². The van der Waals surface area contributed by atoms with Crippen LogP contribution in [-0.4, -0.2) is 22.2 Å².